The topological polar surface area (TPSA) is 46.2 Å². The molecule has 1 aromatic carbocycles. The molecule has 2 rings (SSSR count). The van der Waals surface area contributed by atoms with Crippen LogP contribution in [0.1, 0.15) is 42.5 Å². The van der Waals surface area contributed by atoms with Crippen LogP contribution >= 0.6 is 11.6 Å². The van der Waals surface area contributed by atoms with Crippen molar-refractivity contribution in [1.29, 1.82) is 0 Å². The maximum Gasteiger partial charge on any atom is 0.139 e. The Labute approximate surface area is 95.1 Å². The first-order chi connectivity index (χ1) is 7.11. The largest absolute Gasteiger partial charge is 0.506 e. The van der Waals surface area contributed by atoms with Crippen molar-refractivity contribution in [3.63, 3.8) is 0 Å². The van der Waals surface area contributed by atoms with Gasteiger partial charge in [-0.25, -0.2) is 0 Å². The second-order valence-electron chi connectivity index (χ2n) is 4.26. The van der Waals surface area contributed by atoms with Gasteiger partial charge in [0, 0.05) is 11.6 Å². The maximum absolute atomic E-state index is 9.91. The van der Waals surface area contributed by atoms with E-state index >= 15 is 0 Å². The summed E-state index contributed by atoms with van der Waals surface area (Å²) < 4.78 is 0. The third kappa shape index (κ3) is 1.84. The fourth-order valence-corrected chi connectivity index (χ4v) is 2.54. The minimum atomic E-state index is -0.172. The molecule has 3 heteroatoms. The van der Waals surface area contributed by atoms with E-state index in [-0.39, 0.29) is 11.8 Å². The summed E-state index contributed by atoms with van der Waals surface area (Å²) in [4.78, 5) is 0. The van der Waals surface area contributed by atoms with E-state index in [9.17, 15) is 5.11 Å². The Bertz CT molecular complexity index is 388. The number of benzene rings is 1. The lowest BCUT2D eigenvalue weighted by Crippen LogP contribution is -2.10. The van der Waals surface area contributed by atoms with Crippen molar-refractivity contribution in [1.82, 2.24) is 0 Å². The van der Waals surface area contributed by atoms with Gasteiger partial charge in [0.25, 0.3) is 0 Å². The van der Waals surface area contributed by atoms with Crippen LogP contribution in [0.25, 0.3) is 0 Å². The maximum atomic E-state index is 9.91. The highest BCUT2D eigenvalue weighted by atomic mass is 35.5. The van der Waals surface area contributed by atoms with E-state index in [1.807, 2.05) is 13.0 Å². The number of fused-ring (bicyclic) bond motifs is 1. The molecular formula is C12H16ClNO. The molecule has 82 valence electrons. The van der Waals surface area contributed by atoms with Crippen molar-refractivity contribution >= 4 is 11.6 Å². The Hall–Kier alpha value is -0.730. The van der Waals surface area contributed by atoms with Gasteiger partial charge in [-0.3, -0.25) is 0 Å². The normalized spacial score (nSPS) is 17.3. The van der Waals surface area contributed by atoms with Crippen molar-refractivity contribution in [2.45, 2.75) is 38.6 Å². The van der Waals surface area contributed by atoms with Crippen molar-refractivity contribution in [3.8, 4) is 5.75 Å². The zero-order valence-corrected chi connectivity index (χ0v) is 9.64. The summed E-state index contributed by atoms with van der Waals surface area (Å²) in [5, 5.41) is 10.4. The molecule has 0 saturated carbocycles. The van der Waals surface area contributed by atoms with E-state index in [1.54, 1.807) is 0 Å². The van der Waals surface area contributed by atoms with Crippen molar-refractivity contribution in [2.75, 3.05) is 0 Å². The third-order valence-corrected chi connectivity index (χ3v) is 3.48. The van der Waals surface area contributed by atoms with Gasteiger partial charge in [-0.05, 0) is 43.7 Å². The monoisotopic (exact) mass is 225 g/mol. The number of hydrogen-bond donors (Lipinski definition) is 2. The number of rotatable bonds is 1. The molecule has 2 nitrogen and oxygen atoms in total. The number of aryl methyl sites for hydroxylation is 1. The molecule has 0 radical (unpaired) electrons. The van der Waals surface area contributed by atoms with Crippen LogP contribution < -0.4 is 5.73 Å². The molecule has 0 aromatic heterocycles. The lowest BCUT2D eigenvalue weighted by Gasteiger charge is -2.21. The Morgan fingerprint density at radius 2 is 2.07 bits per heavy atom. The molecule has 1 aliphatic rings. The Balaban J connectivity index is 2.57. The van der Waals surface area contributed by atoms with Crippen LogP contribution in [0, 0.1) is 0 Å². The lowest BCUT2D eigenvalue weighted by atomic mass is 9.88. The molecule has 15 heavy (non-hydrogen) atoms. The summed E-state index contributed by atoms with van der Waals surface area (Å²) >= 11 is 6.15. The molecule has 1 aromatic rings. The molecule has 1 atom stereocenters. The molecule has 0 amide bonds. The Morgan fingerprint density at radius 3 is 2.73 bits per heavy atom. The first kappa shape index (κ1) is 10.8. The van der Waals surface area contributed by atoms with E-state index in [1.165, 1.54) is 12.0 Å². The van der Waals surface area contributed by atoms with Gasteiger partial charge in [0.2, 0.25) is 0 Å². The Morgan fingerprint density at radius 1 is 1.40 bits per heavy atom. The Kier molecular flexibility index (Phi) is 2.89. The highest BCUT2D eigenvalue weighted by Crippen LogP contribution is 2.39. The summed E-state index contributed by atoms with van der Waals surface area (Å²) in [6.07, 6.45) is 4.38. The minimum absolute atomic E-state index is 0.172. The third-order valence-electron chi connectivity index (χ3n) is 3.08. The predicted molar refractivity (Wildman–Crippen MR) is 62.4 cm³/mol. The number of phenols is 1. The molecule has 0 aliphatic heterocycles. The van der Waals surface area contributed by atoms with Gasteiger partial charge in [0.15, 0.2) is 0 Å². The van der Waals surface area contributed by atoms with E-state index in [0.717, 1.165) is 30.4 Å². The number of aromatic hydroxyl groups is 1. The van der Waals surface area contributed by atoms with Gasteiger partial charge in [-0.2, -0.15) is 0 Å². The lowest BCUT2D eigenvalue weighted by molar-refractivity contribution is 0.461. The predicted octanol–water partition coefficient (Wildman–Crippen LogP) is 2.94. The molecular weight excluding hydrogens is 210 g/mol. The smallest absolute Gasteiger partial charge is 0.139 e. The fourth-order valence-electron chi connectivity index (χ4n) is 2.21. The zero-order chi connectivity index (χ0) is 11.0. The van der Waals surface area contributed by atoms with Gasteiger partial charge in [0.05, 0.1) is 5.02 Å². The number of phenolic OH excluding ortho intramolecular Hbond substituents is 1. The fraction of sp³-hybridized carbons (Fsp3) is 0.500. The van der Waals surface area contributed by atoms with Crippen LogP contribution in [0.2, 0.25) is 5.02 Å². The van der Waals surface area contributed by atoms with E-state index in [4.69, 9.17) is 17.3 Å². The first-order valence-electron chi connectivity index (χ1n) is 5.40. The van der Waals surface area contributed by atoms with Gasteiger partial charge in [0.1, 0.15) is 5.75 Å². The van der Waals surface area contributed by atoms with Gasteiger partial charge in [-0.1, -0.05) is 17.7 Å². The summed E-state index contributed by atoms with van der Waals surface area (Å²) in [6.45, 7) is 1.86. The van der Waals surface area contributed by atoms with Crippen LogP contribution in [0.4, 0.5) is 0 Å². The quantitative estimate of drug-likeness (QED) is 0.772. The molecule has 0 saturated heterocycles. The molecule has 1 aliphatic carbocycles. The summed E-state index contributed by atoms with van der Waals surface area (Å²) in [7, 11) is 0. The van der Waals surface area contributed by atoms with E-state index in [0.29, 0.717) is 5.02 Å². The van der Waals surface area contributed by atoms with Crippen LogP contribution in [0.15, 0.2) is 6.07 Å². The first-order valence-corrected chi connectivity index (χ1v) is 5.77. The number of halogens is 1. The molecule has 0 heterocycles. The number of nitrogens with two attached hydrogens (primary N) is 1. The van der Waals surface area contributed by atoms with E-state index < -0.39 is 0 Å². The molecule has 0 spiro atoms. The summed E-state index contributed by atoms with van der Waals surface area (Å²) in [5.41, 5.74) is 8.94. The SMILES string of the molecule is CC(N)c1cc2c(c(Cl)c1O)CCCC2. The standard InChI is InChI=1S/C12H16ClNO/c1-7(14)10-6-8-4-2-3-5-9(8)11(13)12(10)15/h6-7,15H,2-5,14H2,1H3. The second-order valence-corrected chi connectivity index (χ2v) is 4.64. The van der Waals surface area contributed by atoms with Crippen molar-refractivity contribution in [3.05, 3.63) is 27.8 Å². The average Bonchev–Trinajstić information content (AvgIpc) is 2.23. The molecule has 0 bridgehead atoms. The van der Waals surface area contributed by atoms with Crippen LogP contribution in [-0.4, -0.2) is 5.11 Å². The second kappa shape index (κ2) is 4.03. The van der Waals surface area contributed by atoms with Gasteiger partial charge < -0.3 is 10.8 Å². The zero-order valence-electron chi connectivity index (χ0n) is 8.89. The van der Waals surface area contributed by atoms with E-state index in [2.05, 4.69) is 0 Å². The number of hydrogen-bond acceptors (Lipinski definition) is 2. The highest BCUT2D eigenvalue weighted by Gasteiger charge is 2.19. The summed E-state index contributed by atoms with van der Waals surface area (Å²) in [6, 6.07) is 1.84. The van der Waals surface area contributed by atoms with Crippen molar-refractivity contribution < 1.29 is 5.11 Å². The molecule has 3 N–H and O–H groups in total. The van der Waals surface area contributed by atoms with Crippen LogP contribution in [0.5, 0.6) is 5.75 Å². The van der Waals surface area contributed by atoms with Gasteiger partial charge in [-0.15, -0.1) is 0 Å². The summed E-state index contributed by atoms with van der Waals surface area (Å²) in [5.74, 6) is 0.173. The molecule has 0 fully saturated rings. The highest BCUT2D eigenvalue weighted by molar-refractivity contribution is 6.33. The minimum Gasteiger partial charge on any atom is -0.506 e. The van der Waals surface area contributed by atoms with Crippen LogP contribution in [0.3, 0.4) is 0 Å². The average molecular weight is 226 g/mol. The van der Waals surface area contributed by atoms with Gasteiger partial charge >= 0.3 is 0 Å². The molecule has 1 unspecified atom stereocenters. The van der Waals surface area contributed by atoms with Crippen molar-refractivity contribution in [2.24, 2.45) is 5.73 Å². The van der Waals surface area contributed by atoms with Crippen LogP contribution in [-0.2, 0) is 12.8 Å².